The Balaban J connectivity index is 2.00. The number of halogens is 3. The molecule has 2 heterocycles. The first-order valence-electron chi connectivity index (χ1n) is 6.25. The summed E-state index contributed by atoms with van der Waals surface area (Å²) in [5.74, 6) is -5.18. The Morgan fingerprint density at radius 3 is 2.60 bits per heavy atom. The van der Waals surface area contributed by atoms with Crippen LogP contribution in [0.2, 0.25) is 0 Å². The summed E-state index contributed by atoms with van der Waals surface area (Å²) >= 11 is 0. The van der Waals surface area contributed by atoms with Crippen molar-refractivity contribution in [2.75, 3.05) is 18.0 Å². The van der Waals surface area contributed by atoms with E-state index in [0.29, 0.717) is 19.4 Å². The van der Waals surface area contributed by atoms with E-state index >= 15 is 0 Å². The van der Waals surface area contributed by atoms with Gasteiger partial charge in [0.05, 0.1) is 5.69 Å². The minimum atomic E-state index is -1.64. The Hall–Kier alpha value is -2.05. The van der Waals surface area contributed by atoms with Crippen LogP contribution >= 0.6 is 0 Å². The summed E-state index contributed by atoms with van der Waals surface area (Å²) in [6, 6.07) is 1.10. The van der Waals surface area contributed by atoms with Crippen LogP contribution in [0.25, 0.3) is 0 Å². The van der Waals surface area contributed by atoms with Crippen LogP contribution in [0, 0.1) is 17.5 Å². The fourth-order valence-electron chi connectivity index (χ4n) is 2.73. The van der Waals surface area contributed by atoms with Crippen LogP contribution in [0.15, 0.2) is 12.1 Å². The van der Waals surface area contributed by atoms with Gasteiger partial charge in [0, 0.05) is 6.54 Å². The molecular formula is C13H11F3N2O2. The molecule has 0 N–H and O–H groups in total. The van der Waals surface area contributed by atoms with Gasteiger partial charge >= 0.3 is 0 Å². The standard InChI is InChI=1S/C13H11F3N2O2/c14-7-3-4-8(12(16)11(7)15)18-6-10(19)17-5-1-2-9(17)13(18)20/h3-4,9H,1-2,5-6H2. The molecule has 3 rings (SSSR count). The Morgan fingerprint density at radius 1 is 1.10 bits per heavy atom. The lowest BCUT2D eigenvalue weighted by atomic mass is 10.1. The summed E-state index contributed by atoms with van der Waals surface area (Å²) in [5.41, 5.74) is -0.395. The third-order valence-electron chi connectivity index (χ3n) is 3.72. The summed E-state index contributed by atoms with van der Waals surface area (Å²) in [6.07, 6.45) is 1.21. The van der Waals surface area contributed by atoms with Crippen LogP contribution in [0.5, 0.6) is 0 Å². The average Bonchev–Trinajstić information content (AvgIpc) is 2.91. The van der Waals surface area contributed by atoms with E-state index in [9.17, 15) is 22.8 Å². The molecule has 4 nitrogen and oxygen atoms in total. The highest BCUT2D eigenvalue weighted by Gasteiger charge is 2.43. The topological polar surface area (TPSA) is 40.6 Å². The van der Waals surface area contributed by atoms with Crippen molar-refractivity contribution in [3.05, 3.63) is 29.6 Å². The van der Waals surface area contributed by atoms with Gasteiger partial charge in [-0.1, -0.05) is 0 Å². The lowest BCUT2D eigenvalue weighted by molar-refractivity contribution is -0.140. The van der Waals surface area contributed by atoms with Gasteiger partial charge in [-0.3, -0.25) is 14.5 Å². The minimum absolute atomic E-state index is 0.309. The molecule has 106 valence electrons. The largest absolute Gasteiger partial charge is 0.329 e. The number of fused-ring (bicyclic) bond motifs is 1. The van der Waals surface area contributed by atoms with E-state index in [1.165, 1.54) is 4.90 Å². The number of anilines is 1. The van der Waals surface area contributed by atoms with Crippen molar-refractivity contribution in [1.82, 2.24) is 4.90 Å². The quantitative estimate of drug-likeness (QED) is 0.732. The Morgan fingerprint density at radius 2 is 1.85 bits per heavy atom. The molecule has 0 spiro atoms. The molecule has 0 aliphatic carbocycles. The van der Waals surface area contributed by atoms with Gasteiger partial charge in [-0.2, -0.15) is 0 Å². The summed E-state index contributed by atoms with van der Waals surface area (Å²) in [4.78, 5) is 26.5. The van der Waals surface area contributed by atoms with Crippen LogP contribution < -0.4 is 4.90 Å². The number of hydrogen-bond donors (Lipinski definition) is 0. The number of nitrogens with zero attached hydrogens (tertiary/aromatic N) is 2. The second kappa shape index (κ2) is 4.50. The molecule has 1 unspecified atom stereocenters. The maximum absolute atomic E-state index is 13.8. The zero-order chi connectivity index (χ0) is 14.4. The normalized spacial score (nSPS) is 22.4. The van der Waals surface area contributed by atoms with Gasteiger partial charge in [0.2, 0.25) is 11.8 Å². The molecule has 1 aromatic rings. The average molecular weight is 284 g/mol. The number of piperazine rings is 1. The number of benzene rings is 1. The number of amides is 2. The molecule has 0 saturated carbocycles. The maximum Gasteiger partial charge on any atom is 0.250 e. The first kappa shape index (κ1) is 13.0. The molecule has 1 atom stereocenters. The van der Waals surface area contributed by atoms with Crippen LogP contribution in [0.3, 0.4) is 0 Å². The van der Waals surface area contributed by atoms with Crippen molar-refractivity contribution in [3.8, 4) is 0 Å². The zero-order valence-electron chi connectivity index (χ0n) is 10.4. The lowest BCUT2D eigenvalue weighted by Crippen LogP contribution is -2.57. The fourth-order valence-corrected chi connectivity index (χ4v) is 2.73. The zero-order valence-corrected chi connectivity index (χ0v) is 10.4. The number of rotatable bonds is 1. The van der Waals surface area contributed by atoms with Gasteiger partial charge in [-0.05, 0) is 25.0 Å². The van der Waals surface area contributed by atoms with Gasteiger partial charge < -0.3 is 4.90 Å². The maximum atomic E-state index is 13.8. The summed E-state index contributed by atoms with van der Waals surface area (Å²) < 4.78 is 39.9. The number of carbonyl (C=O) groups excluding carboxylic acids is 2. The number of carbonyl (C=O) groups is 2. The fraction of sp³-hybridized carbons (Fsp3) is 0.385. The van der Waals surface area contributed by atoms with E-state index in [1.807, 2.05) is 0 Å². The van der Waals surface area contributed by atoms with Gasteiger partial charge in [-0.25, -0.2) is 13.2 Å². The van der Waals surface area contributed by atoms with Crippen molar-refractivity contribution in [2.24, 2.45) is 0 Å². The third-order valence-corrected chi connectivity index (χ3v) is 3.72. The first-order valence-corrected chi connectivity index (χ1v) is 6.25. The van der Waals surface area contributed by atoms with Gasteiger partial charge in [-0.15, -0.1) is 0 Å². The first-order chi connectivity index (χ1) is 9.50. The monoisotopic (exact) mass is 284 g/mol. The van der Waals surface area contributed by atoms with Crippen molar-refractivity contribution in [2.45, 2.75) is 18.9 Å². The molecule has 2 saturated heterocycles. The van der Waals surface area contributed by atoms with Crippen LogP contribution in [-0.4, -0.2) is 35.8 Å². The molecule has 1 aromatic carbocycles. The molecular weight excluding hydrogens is 273 g/mol. The number of hydrogen-bond acceptors (Lipinski definition) is 2. The smallest absolute Gasteiger partial charge is 0.250 e. The van der Waals surface area contributed by atoms with Crippen molar-refractivity contribution >= 4 is 17.5 Å². The van der Waals surface area contributed by atoms with E-state index in [2.05, 4.69) is 0 Å². The predicted molar refractivity (Wildman–Crippen MR) is 63.4 cm³/mol. The minimum Gasteiger partial charge on any atom is -0.329 e. The molecule has 0 bridgehead atoms. The highest BCUT2D eigenvalue weighted by molar-refractivity contribution is 6.06. The van der Waals surface area contributed by atoms with E-state index in [4.69, 9.17) is 0 Å². The van der Waals surface area contributed by atoms with Gasteiger partial charge in [0.25, 0.3) is 0 Å². The molecule has 0 aromatic heterocycles. The van der Waals surface area contributed by atoms with Crippen LogP contribution in [0.4, 0.5) is 18.9 Å². The molecule has 0 radical (unpaired) electrons. The molecule has 2 amide bonds. The Bertz CT molecular complexity index is 606. The lowest BCUT2D eigenvalue weighted by Gasteiger charge is -2.36. The molecule has 2 aliphatic rings. The van der Waals surface area contributed by atoms with E-state index < -0.39 is 35.1 Å². The van der Waals surface area contributed by atoms with Crippen LogP contribution in [0.1, 0.15) is 12.8 Å². The summed E-state index contributed by atoms with van der Waals surface area (Å²) in [5, 5.41) is 0. The van der Waals surface area contributed by atoms with E-state index in [0.717, 1.165) is 17.0 Å². The predicted octanol–water partition coefficient (Wildman–Crippen LogP) is 1.44. The molecule has 7 heteroatoms. The Kier molecular flexibility index (Phi) is 2.92. The van der Waals surface area contributed by atoms with E-state index in [1.54, 1.807) is 0 Å². The van der Waals surface area contributed by atoms with Gasteiger partial charge in [0.15, 0.2) is 17.5 Å². The third kappa shape index (κ3) is 1.76. The van der Waals surface area contributed by atoms with Crippen molar-refractivity contribution in [3.63, 3.8) is 0 Å². The highest BCUT2D eigenvalue weighted by atomic mass is 19.2. The molecule has 20 heavy (non-hydrogen) atoms. The molecule has 2 aliphatic heterocycles. The SMILES string of the molecule is O=C1C2CCCN2C(=O)CN1c1ccc(F)c(F)c1F. The van der Waals surface area contributed by atoms with E-state index in [-0.39, 0.29) is 12.5 Å². The molecule has 2 fully saturated rings. The van der Waals surface area contributed by atoms with Crippen LogP contribution in [-0.2, 0) is 9.59 Å². The van der Waals surface area contributed by atoms with Crippen molar-refractivity contribution in [1.29, 1.82) is 0 Å². The summed E-state index contributed by atoms with van der Waals surface area (Å²) in [7, 11) is 0. The summed E-state index contributed by atoms with van der Waals surface area (Å²) in [6.45, 7) is 0.153. The Labute approximate surface area is 112 Å². The van der Waals surface area contributed by atoms with Crippen molar-refractivity contribution < 1.29 is 22.8 Å². The highest BCUT2D eigenvalue weighted by Crippen LogP contribution is 2.30. The van der Waals surface area contributed by atoms with Gasteiger partial charge in [0.1, 0.15) is 12.6 Å². The second-order valence-corrected chi connectivity index (χ2v) is 4.86. The second-order valence-electron chi connectivity index (χ2n) is 4.86.